The lowest BCUT2D eigenvalue weighted by Gasteiger charge is -2.19. The van der Waals surface area contributed by atoms with E-state index >= 15 is 0 Å². The lowest BCUT2D eigenvalue weighted by molar-refractivity contribution is -0.136. The van der Waals surface area contributed by atoms with Gasteiger partial charge in [-0.3, -0.25) is 14.5 Å². The number of nitrogens with one attached hydrogen (secondary N) is 1. The maximum Gasteiger partial charge on any atom is 0.278 e. The number of fused-ring (bicyclic) bond motifs is 1. The van der Waals surface area contributed by atoms with Crippen LogP contribution in [0.15, 0.2) is 66.9 Å². The van der Waals surface area contributed by atoms with Gasteiger partial charge in [0.2, 0.25) is 0 Å². The Balaban J connectivity index is 1.74. The molecule has 2 aromatic carbocycles. The molecule has 0 aromatic heterocycles. The van der Waals surface area contributed by atoms with E-state index in [2.05, 4.69) is 11.9 Å². The Hall–Kier alpha value is -3.54. The van der Waals surface area contributed by atoms with Gasteiger partial charge in [0.15, 0.2) is 11.5 Å². The Bertz CT molecular complexity index is 950. The summed E-state index contributed by atoms with van der Waals surface area (Å²) in [5.74, 6) is 0.541. The zero-order valence-electron chi connectivity index (χ0n) is 14.6. The molecule has 0 unspecified atom stereocenters. The van der Waals surface area contributed by atoms with E-state index in [-0.39, 0.29) is 24.1 Å². The Morgan fingerprint density at radius 1 is 1.00 bits per heavy atom. The molecule has 0 radical (unpaired) electrons. The fraction of sp³-hybridized carbons (Fsp3) is 0.143. The molecule has 0 atom stereocenters. The van der Waals surface area contributed by atoms with Crippen LogP contribution in [0.25, 0.3) is 5.57 Å². The average molecular weight is 362 g/mol. The van der Waals surface area contributed by atoms with Crippen molar-refractivity contribution in [2.45, 2.75) is 0 Å². The number of hydrogen-bond acceptors (Lipinski definition) is 5. The van der Waals surface area contributed by atoms with Crippen molar-refractivity contribution >= 4 is 23.1 Å². The predicted octanol–water partition coefficient (Wildman–Crippen LogP) is 2.84. The number of hydrogen-bond donors (Lipinski definition) is 1. The lowest BCUT2D eigenvalue weighted by atomic mass is 10.0. The standard InChI is InChI=1S/C21H18N2O4/c1-2-10-23-20(24)18(14-6-4-3-5-7-14)19(21(23)25)22-15-8-9-16-17(13-15)27-12-11-26-16/h2-9,13,22H,1,10-12H2. The average Bonchev–Trinajstić information content (AvgIpc) is 2.93. The molecule has 2 heterocycles. The molecular formula is C21H18N2O4. The number of nitrogens with zero attached hydrogens (tertiary/aromatic N) is 1. The van der Waals surface area contributed by atoms with Crippen LogP contribution in [-0.2, 0) is 9.59 Å². The summed E-state index contributed by atoms with van der Waals surface area (Å²) in [7, 11) is 0. The Labute approximate surface area is 156 Å². The highest BCUT2D eigenvalue weighted by atomic mass is 16.6. The van der Waals surface area contributed by atoms with E-state index in [0.29, 0.717) is 41.5 Å². The monoisotopic (exact) mass is 362 g/mol. The van der Waals surface area contributed by atoms with Crippen molar-refractivity contribution in [1.29, 1.82) is 0 Å². The summed E-state index contributed by atoms with van der Waals surface area (Å²) in [5.41, 5.74) is 1.91. The molecule has 136 valence electrons. The second-order valence-electron chi connectivity index (χ2n) is 6.11. The minimum absolute atomic E-state index is 0.153. The van der Waals surface area contributed by atoms with Gasteiger partial charge >= 0.3 is 0 Å². The van der Waals surface area contributed by atoms with Crippen LogP contribution in [0.3, 0.4) is 0 Å². The number of rotatable bonds is 5. The van der Waals surface area contributed by atoms with Gasteiger partial charge in [-0.2, -0.15) is 0 Å². The van der Waals surface area contributed by atoms with E-state index in [1.807, 2.05) is 30.3 Å². The molecule has 1 N–H and O–H groups in total. The van der Waals surface area contributed by atoms with Crippen LogP contribution < -0.4 is 14.8 Å². The summed E-state index contributed by atoms with van der Waals surface area (Å²) in [6, 6.07) is 14.5. The Morgan fingerprint density at radius 2 is 1.74 bits per heavy atom. The van der Waals surface area contributed by atoms with Crippen molar-refractivity contribution < 1.29 is 19.1 Å². The number of anilines is 1. The molecule has 0 aliphatic carbocycles. The molecule has 2 aliphatic rings. The van der Waals surface area contributed by atoms with Gasteiger partial charge in [-0.25, -0.2) is 0 Å². The van der Waals surface area contributed by atoms with Crippen molar-refractivity contribution in [3.8, 4) is 11.5 Å². The minimum Gasteiger partial charge on any atom is -0.486 e. The largest absolute Gasteiger partial charge is 0.486 e. The van der Waals surface area contributed by atoms with Crippen molar-refractivity contribution in [2.24, 2.45) is 0 Å². The van der Waals surface area contributed by atoms with Gasteiger partial charge in [0.25, 0.3) is 11.8 Å². The summed E-state index contributed by atoms with van der Waals surface area (Å²) in [4.78, 5) is 26.9. The normalized spacial score (nSPS) is 15.9. The van der Waals surface area contributed by atoms with Crippen molar-refractivity contribution in [2.75, 3.05) is 25.1 Å². The second kappa shape index (κ2) is 6.99. The van der Waals surface area contributed by atoms with Crippen molar-refractivity contribution in [3.05, 3.63) is 72.4 Å². The molecule has 0 saturated carbocycles. The van der Waals surface area contributed by atoms with Crippen LogP contribution in [0.1, 0.15) is 5.56 Å². The summed E-state index contributed by atoms with van der Waals surface area (Å²) in [5, 5.41) is 3.11. The first kappa shape index (κ1) is 16.9. The summed E-state index contributed by atoms with van der Waals surface area (Å²) in [6.45, 7) is 4.76. The predicted molar refractivity (Wildman–Crippen MR) is 101 cm³/mol. The summed E-state index contributed by atoms with van der Waals surface area (Å²) >= 11 is 0. The number of ether oxygens (including phenoxy) is 2. The third-order valence-electron chi connectivity index (χ3n) is 4.35. The highest BCUT2D eigenvalue weighted by molar-refractivity contribution is 6.36. The molecule has 6 nitrogen and oxygen atoms in total. The highest BCUT2D eigenvalue weighted by Crippen LogP contribution is 2.35. The smallest absolute Gasteiger partial charge is 0.278 e. The molecule has 0 spiro atoms. The van der Waals surface area contributed by atoms with Gasteiger partial charge < -0.3 is 14.8 Å². The van der Waals surface area contributed by atoms with Gasteiger partial charge in [-0.1, -0.05) is 36.4 Å². The second-order valence-corrected chi connectivity index (χ2v) is 6.11. The third kappa shape index (κ3) is 3.06. The van der Waals surface area contributed by atoms with E-state index in [4.69, 9.17) is 9.47 Å². The first-order chi connectivity index (χ1) is 13.2. The molecule has 0 fully saturated rings. The Morgan fingerprint density at radius 3 is 2.48 bits per heavy atom. The topological polar surface area (TPSA) is 67.9 Å². The van der Waals surface area contributed by atoms with Crippen molar-refractivity contribution in [1.82, 2.24) is 4.90 Å². The number of amides is 2. The molecule has 2 amide bonds. The molecule has 2 aromatic rings. The van der Waals surface area contributed by atoms with Gasteiger partial charge in [0.05, 0.1) is 5.57 Å². The quantitative estimate of drug-likeness (QED) is 0.654. The molecule has 6 heteroatoms. The molecular weight excluding hydrogens is 344 g/mol. The van der Waals surface area contributed by atoms with Crippen LogP contribution in [-0.4, -0.2) is 36.5 Å². The van der Waals surface area contributed by atoms with Crippen LogP contribution >= 0.6 is 0 Å². The summed E-state index contributed by atoms with van der Waals surface area (Å²) < 4.78 is 11.1. The van der Waals surface area contributed by atoms with Gasteiger partial charge in [-0.05, 0) is 17.7 Å². The van der Waals surface area contributed by atoms with E-state index in [0.717, 1.165) is 0 Å². The molecule has 0 saturated heterocycles. The lowest BCUT2D eigenvalue weighted by Crippen LogP contribution is -2.32. The van der Waals surface area contributed by atoms with Crippen LogP contribution in [0, 0.1) is 0 Å². The van der Waals surface area contributed by atoms with E-state index in [1.165, 1.54) is 11.0 Å². The fourth-order valence-corrected chi connectivity index (χ4v) is 3.12. The van der Waals surface area contributed by atoms with Crippen LogP contribution in [0.5, 0.6) is 11.5 Å². The van der Waals surface area contributed by atoms with E-state index in [9.17, 15) is 9.59 Å². The van der Waals surface area contributed by atoms with Gasteiger partial charge in [0.1, 0.15) is 18.9 Å². The minimum atomic E-state index is -0.381. The number of imide groups is 1. The highest BCUT2D eigenvalue weighted by Gasteiger charge is 2.38. The SMILES string of the molecule is C=CCN1C(=O)C(Nc2ccc3c(c2)OCCO3)=C(c2ccccc2)C1=O. The van der Waals surface area contributed by atoms with Crippen molar-refractivity contribution in [3.63, 3.8) is 0 Å². The van der Waals surface area contributed by atoms with Crippen LogP contribution in [0.4, 0.5) is 5.69 Å². The van der Waals surface area contributed by atoms with Gasteiger partial charge in [-0.15, -0.1) is 6.58 Å². The number of benzene rings is 2. The first-order valence-electron chi connectivity index (χ1n) is 8.62. The number of carbonyl (C=O) groups is 2. The zero-order valence-corrected chi connectivity index (χ0v) is 14.6. The fourth-order valence-electron chi connectivity index (χ4n) is 3.12. The molecule has 0 bridgehead atoms. The maximum absolute atomic E-state index is 12.9. The van der Waals surface area contributed by atoms with E-state index < -0.39 is 0 Å². The zero-order chi connectivity index (χ0) is 18.8. The third-order valence-corrected chi connectivity index (χ3v) is 4.35. The van der Waals surface area contributed by atoms with Gasteiger partial charge in [0, 0.05) is 18.3 Å². The molecule has 4 rings (SSSR count). The molecule has 27 heavy (non-hydrogen) atoms. The maximum atomic E-state index is 12.9. The Kier molecular flexibility index (Phi) is 4.38. The first-order valence-corrected chi connectivity index (χ1v) is 8.62. The van der Waals surface area contributed by atoms with Crippen LogP contribution in [0.2, 0.25) is 0 Å². The van der Waals surface area contributed by atoms with E-state index in [1.54, 1.807) is 18.2 Å². The molecule has 2 aliphatic heterocycles. The summed E-state index contributed by atoms with van der Waals surface area (Å²) in [6.07, 6.45) is 1.53. The number of carbonyl (C=O) groups excluding carboxylic acids is 2.